The Labute approximate surface area is 127 Å². The maximum absolute atomic E-state index is 12.9. The lowest BCUT2D eigenvalue weighted by Crippen LogP contribution is -2.43. The van der Waals surface area contributed by atoms with Crippen molar-refractivity contribution < 1.29 is 4.79 Å². The van der Waals surface area contributed by atoms with Gasteiger partial charge in [-0.2, -0.15) is 0 Å². The highest BCUT2D eigenvalue weighted by molar-refractivity contribution is 5.95. The minimum atomic E-state index is 0.165. The smallest absolute Gasteiger partial charge is 0.254 e. The Morgan fingerprint density at radius 2 is 2.14 bits per heavy atom. The molecule has 1 saturated heterocycles. The van der Waals surface area contributed by atoms with Crippen LogP contribution in [-0.2, 0) is 6.42 Å². The summed E-state index contributed by atoms with van der Waals surface area (Å²) >= 11 is 0. The molecule has 1 aromatic heterocycles. The number of aromatic nitrogens is 1. The normalized spacial score (nSPS) is 18.6. The molecule has 0 bridgehead atoms. The van der Waals surface area contributed by atoms with Crippen molar-refractivity contribution in [1.29, 1.82) is 0 Å². The molecule has 21 heavy (non-hydrogen) atoms. The van der Waals surface area contributed by atoms with Gasteiger partial charge in [0.05, 0.1) is 0 Å². The molecule has 1 unspecified atom stereocenters. The molecule has 1 N–H and O–H groups in total. The lowest BCUT2D eigenvalue weighted by molar-refractivity contribution is 0.0608. The van der Waals surface area contributed by atoms with Gasteiger partial charge in [0.2, 0.25) is 0 Å². The van der Waals surface area contributed by atoms with Gasteiger partial charge in [0, 0.05) is 30.4 Å². The molecular formula is C17H27N3O. The van der Waals surface area contributed by atoms with Crippen LogP contribution in [0, 0.1) is 0 Å². The molecule has 4 nitrogen and oxygen atoms in total. The van der Waals surface area contributed by atoms with Crippen molar-refractivity contribution in [3.63, 3.8) is 0 Å². The van der Waals surface area contributed by atoms with Crippen LogP contribution in [0.4, 0.5) is 5.82 Å². The first-order valence-corrected chi connectivity index (χ1v) is 8.25. The van der Waals surface area contributed by atoms with E-state index in [1.807, 2.05) is 19.1 Å². The predicted octanol–water partition coefficient (Wildman–Crippen LogP) is 3.48. The minimum absolute atomic E-state index is 0.165. The maximum Gasteiger partial charge on any atom is 0.254 e. The molecule has 116 valence electrons. The number of carbonyl (C=O) groups excluding carboxylic acids is 1. The third kappa shape index (κ3) is 3.74. The zero-order valence-electron chi connectivity index (χ0n) is 13.5. The molecule has 0 radical (unpaired) electrons. The third-order valence-corrected chi connectivity index (χ3v) is 4.20. The van der Waals surface area contributed by atoms with E-state index in [-0.39, 0.29) is 5.91 Å². The highest BCUT2D eigenvalue weighted by Crippen LogP contribution is 2.23. The summed E-state index contributed by atoms with van der Waals surface area (Å²) in [6, 6.07) is 4.24. The van der Waals surface area contributed by atoms with E-state index in [1.54, 1.807) is 0 Å². The average Bonchev–Trinajstić information content (AvgIpc) is 2.54. The van der Waals surface area contributed by atoms with Crippen LogP contribution in [0.3, 0.4) is 0 Å². The largest absolute Gasteiger partial charge is 0.370 e. The van der Waals surface area contributed by atoms with Crippen molar-refractivity contribution in [3.8, 4) is 0 Å². The highest BCUT2D eigenvalue weighted by atomic mass is 16.2. The molecule has 4 heteroatoms. The lowest BCUT2D eigenvalue weighted by Gasteiger charge is -2.35. The van der Waals surface area contributed by atoms with E-state index in [9.17, 15) is 4.79 Å². The second-order valence-corrected chi connectivity index (χ2v) is 5.67. The van der Waals surface area contributed by atoms with Crippen molar-refractivity contribution in [1.82, 2.24) is 9.88 Å². The van der Waals surface area contributed by atoms with E-state index in [1.165, 1.54) is 6.42 Å². The molecule has 1 amide bonds. The summed E-state index contributed by atoms with van der Waals surface area (Å²) in [5, 5.41) is 3.22. The number of pyridine rings is 1. The third-order valence-electron chi connectivity index (χ3n) is 4.20. The minimum Gasteiger partial charge on any atom is -0.370 e. The van der Waals surface area contributed by atoms with E-state index in [0.29, 0.717) is 6.04 Å². The first-order valence-electron chi connectivity index (χ1n) is 8.25. The molecule has 1 aliphatic rings. The summed E-state index contributed by atoms with van der Waals surface area (Å²) in [6.45, 7) is 7.98. The fraction of sp³-hybridized carbons (Fsp3) is 0.647. The van der Waals surface area contributed by atoms with E-state index in [2.05, 4.69) is 29.0 Å². The van der Waals surface area contributed by atoms with Crippen LogP contribution in [0.5, 0.6) is 0 Å². The van der Waals surface area contributed by atoms with Crippen LogP contribution < -0.4 is 5.32 Å². The average molecular weight is 289 g/mol. The SMILES string of the molecule is CCNc1cc(C(=O)N2CCCCC2CC)cc(CC)n1. The highest BCUT2D eigenvalue weighted by Gasteiger charge is 2.26. The van der Waals surface area contributed by atoms with Gasteiger partial charge in [-0.05, 0) is 51.2 Å². The van der Waals surface area contributed by atoms with E-state index < -0.39 is 0 Å². The van der Waals surface area contributed by atoms with Gasteiger partial charge in [-0.1, -0.05) is 13.8 Å². The summed E-state index contributed by atoms with van der Waals surface area (Å²) in [6.07, 6.45) is 5.37. The van der Waals surface area contributed by atoms with Crippen molar-refractivity contribution >= 4 is 11.7 Å². The number of aryl methyl sites for hydroxylation is 1. The van der Waals surface area contributed by atoms with E-state index in [4.69, 9.17) is 0 Å². The number of carbonyl (C=O) groups is 1. The quantitative estimate of drug-likeness (QED) is 0.902. The summed E-state index contributed by atoms with van der Waals surface area (Å²) < 4.78 is 0. The molecule has 1 aromatic rings. The van der Waals surface area contributed by atoms with Gasteiger partial charge < -0.3 is 10.2 Å². The van der Waals surface area contributed by atoms with Crippen molar-refractivity contribution in [2.45, 2.75) is 58.9 Å². The molecule has 1 aliphatic heterocycles. The Balaban J connectivity index is 2.26. The number of anilines is 1. The van der Waals surface area contributed by atoms with Gasteiger partial charge in [-0.3, -0.25) is 4.79 Å². The standard InChI is InChI=1S/C17H27N3O/c1-4-14-11-13(12-16(19-14)18-6-3)17(21)20-10-8-7-9-15(20)5-2/h11-12,15H,4-10H2,1-3H3,(H,18,19). The number of hydrogen-bond acceptors (Lipinski definition) is 3. The van der Waals surface area contributed by atoms with Crippen molar-refractivity contribution in [2.24, 2.45) is 0 Å². The number of nitrogens with zero attached hydrogens (tertiary/aromatic N) is 2. The van der Waals surface area contributed by atoms with Crippen LogP contribution in [0.15, 0.2) is 12.1 Å². The van der Waals surface area contributed by atoms with Gasteiger partial charge in [-0.25, -0.2) is 4.98 Å². The van der Waals surface area contributed by atoms with E-state index >= 15 is 0 Å². The molecule has 2 heterocycles. The summed E-state index contributed by atoms with van der Waals surface area (Å²) in [5.74, 6) is 0.975. The summed E-state index contributed by atoms with van der Waals surface area (Å²) in [7, 11) is 0. The summed E-state index contributed by atoms with van der Waals surface area (Å²) in [5.41, 5.74) is 1.75. The molecular weight excluding hydrogens is 262 g/mol. The molecule has 2 rings (SSSR count). The monoisotopic (exact) mass is 289 g/mol. The predicted molar refractivity (Wildman–Crippen MR) is 86.7 cm³/mol. The van der Waals surface area contributed by atoms with Crippen molar-refractivity contribution in [2.75, 3.05) is 18.4 Å². The second-order valence-electron chi connectivity index (χ2n) is 5.67. The number of hydrogen-bond donors (Lipinski definition) is 1. The van der Waals surface area contributed by atoms with Gasteiger partial charge in [0.1, 0.15) is 5.82 Å². The van der Waals surface area contributed by atoms with Gasteiger partial charge in [0.15, 0.2) is 0 Å². The first kappa shape index (κ1) is 15.8. The number of piperidine rings is 1. The fourth-order valence-electron chi connectivity index (χ4n) is 3.02. The molecule has 0 aromatic carbocycles. The maximum atomic E-state index is 12.9. The zero-order chi connectivity index (χ0) is 15.2. The Morgan fingerprint density at radius 3 is 2.81 bits per heavy atom. The zero-order valence-corrected chi connectivity index (χ0v) is 13.5. The van der Waals surface area contributed by atoms with E-state index in [0.717, 1.165) is 55.8 Å². The Morgan fingerprint density at radius 1 is 1.33 bits per heavy atom. The molecule has 0 aliphatic carbocycles. The number of nitrogens with one attached hydrogen (secondary N) is 1. The van der Waals surface area contributed by atoms with Gasteiger partial charge in [0.25, 0.3) is 5.91 Å². The second kappa shape index (κ2) is 7.43. The van der Waals surface area contributed by atoms with Crippen molar-refractivity contribution in [3.05, 3.63) is 23.4 Å². The van der Waals surface area contributed by atoms with Crippen LogP contribution in [-0.4, -0.2) is 34.9 Å². The Bertz CT molecular complexity index is 487. The summed E-state index contributed by atoms with van der Waals surface area (Å²) in [4.78, 5) is 19.5. The van der Waals surface area contributed by atoms with Crippen LogP contribution in [0.1, 0.15) is 62.5 Å². The molecule has 0 spiro atoms. The Hall–Kier alpha value is -1.58. The van der Waals surface area contributed by atoms with Gasteiger partial charge >= 0.3 is 0 Å². The number of amides is 1. The number of likely N-dealkylation sites (tertiary alicyclic amines) is 1. The molecule has 0 saturated carbocycles. The Kier molecular flexibility index (Phi) is 5.59. The van der Waals surface area contributed by atoms with Gasteiger partial charge in [-0.15, -0.1) is 0 Å². The first-order chi connectivity index (χ1) is 10.2. The molecule has 1 fully saturated rings. The lowest BCUT2D eigenvalue weighted by atomic mass is 9.99. The fourth-order valence-corrected chi connectivity index (χ4v) is 3.02. The molecule has 1 atom stereocenters. The van der Waals surface area contributed by atoms with Crippen LogP contribution >= 0.6 is 0 Å². The van der Waals surface area contributed by atoms with Crippen LogP contribution in [0.2, 0.25) is 0 Å². The van der Waals surface area contributed by atoms with Crippen LogP contribution in [0.25, 0.3) is 0 Å². The number of rotatable bonds is 5. The topological polar surface area (TPSA) is 45.2 Å².